The second-order valence-electron chi connectivity index (χ2n) is 3.13. The van der Waals surface area contributed by atoms with Gasteiger partial charge in [0.1, 0.15) is 12.4 Å². The SMILES string of the molecule is N#CCn1ccnc1Cc1ccccn1. The van der Waals surface area contributed by atoms with Crippen molar-refractivity contribution >= 4 is 0 Å². The molecule has 0 fully saturated rings. The van der Waals surface area contributed by atoms with E-state index in [-0.39, 0.29) is 0 Å². The predicted molar refractivity (Wildman–Crippen MR) is 54.9 cm³/mol. The average Bonchev–Trinajstić information content (AvgIpc) is 2.68. The Morgan fingerprint density at radius 3 is 2.93 bits per heavy atom. The van der Waals surface area contributed by atoms with E-state index in [1.165, 1.54) is 0 Å². The van der Waals surface area contributed by atoms with Gasteiger partial charge in [-0.05, 0) is 12.1 Å². The molecule has 0 saturated heterocycles. The van der Waals surface area contributed by atoms with Crippen molar-refractivity contribution in [2.24, 2.45) is 0 Å². The molecule has 2 heterocycles. The lowest BCUT2D eigenvalue weighted by molar-refractivity contribution is 0.758. The van der Waals surface area contributed by atoms with Crippen LogP contribution in [0.3, 0.4) is 0 Å². The van der Waals surface area contributed by atoms with Gasteiger partial charge in [0.2, 0.25) is 0 Å². The molecule has 0 amide bonds. The van der Waals surface area contributed by atoms with Crippen molar-refractivity contribution in [1.82, 2.24) is 14.5 Å². The number of imidazole rings is 1. The van der Waals surface area contributed by atoms with Gasteiger partial charge in [-0.15, -0.1) is 0 Å². The van der Waals surface area contributed by atoms with E-state index in [2.05, 4.69) is 16.0 Å². The second-order valence-corrected chi connectivity index (χ2v) is 3.13. The van der Waals surface area contributed by atoms with E-state index in [4.69, 9.17) is 5.26 Å². The van der Waals surface area contributed by atoms with Crippen molar-refractivity contribution < 1.29 is 0 Å². The summed E-state index contributed by atoms with van der Waals surface area (Å²) in [6.45, 7) is 0.335. The molecule has 0 unspecified atom stereocenters. The van der Waals surface area contributed by atoms with E-state index in [0.29, 0.717) is 13.0 Å². The van der Waals surface area contributed by atoms with Crippen molar-refractivity contribution in [1.29, 1.82) is 5.26 Å². The molecule has 0 aliphatic carbocycles. The topological polar surface area (TPSA) is 54.5 Å². The van der Waals surface area contributed by atoms with E-state index < -0.39 is 0 Å². The number of aromatic nitrogens is 3. The van der Waals surface area contributed by atoms with Crippen molar-refractivity contribution in [3.63, 3.8) is 0 Å². The first kappa shape index (κ1) is 9.41. The zero-order valence-corrected chi connectivity index (χ0v) is 8.17. The lowest BCUT2D eigenvalue weighted by Crippen LogP contribution is -2.03. The summed E-state index contributed by atoms with van der Waals surface area (Å²) in [5.41, 5.74) is 0.961. The molecule has 4 heteroatoms. The summed E-state index contributed by atoms with van der Waals surface area (Å²) in [5, 5.41) is 8.61. The fourth-order valence-electron chi connectivity index (χ4n) is 1.39. The summed E-state index contributed by atoms with van der Waals surface area (Å²) >= 11 is 0. The summed E-state index contributed by atoms with van der Waals surface area (Å²) in [6, 6.07) is 7.87. The summed E-state index contributed by atoms with van der Waals surface area (Å²) in [4.78, 5) is 8.42. The zero-order valence-electron chi connectivity index (χ0n) is 8.17. The van der Waals surface area contributed by atoms with E-state index in [1.54, 1.807) is 12.4 Å². The normalized spacial score (nSPS) is 9.80. The van der Waals surface area contributed by atoms with Gasteiger partial charge in [-0.1, -0.05) is 6.07 Å². The van der Waals surface area contributed by atoms with Crippen LogP contribution in [0.25, 0.3) is 0 Å². The summed E-state index contributed by atoms with van der Waals surface area (Å²) in [5.74, 6) is 0.871. The lowest BCUT2D eigenvalue weighted by Gasteiger charge is -2.02. The largest absolute Gasteiger partial charge is 0.321 e. The van der Waals surface area contributed by atoms with Gasteiger partial charge in [-0.25, -0.2) is 4.98 Å². The molecule has 0 aromatic carbocycles. The van der Waals surface area contributed by atoms with Crippen LogP contribution in [-0.4, -0.2) is 14.5 Å². The van der Waals surface area contributed by atoms with Gasteiger partial charge in [-0.2, -0.15) is 5.26 Å². The Bertz CT molecular complexity index is 467. The molecule has 2 aromatic rings. The highest BCUT2D eigenvalue weighted by Crippen LogP contribution is 2.04. The van der Waals surface area contributed by atoms with Crippen LogP contribution in [-0.2, 0) is 13.0 Å². The van der Waals surface area contributed by atoms with Gasteiger partial charge < -0.3 is 4.57 Å². The Hall–Kier alpha value is -2.15. The van der Waals surface area contributed by atoms with Gasteiger partial charge in [0, 0.05) is 30.7 Å². The third kappa shape index (κ3) is 2.20. The minimum atomic E-state index is 0.335. The van der Waals surface area contributed by atoms with Crippen LogP contribution in [0, 0.1) is 11.3 Å². The zero-order chi connectivity index (χ0) is 10.5. The van der Waals surface area contributed by atoms with Gasteiger partial charge in [0.05, 0.1) is 6.07 Å². The molecule has 0 bridgehead atoms. The van der Waals surface area contributed by atoms with Crippen LogP contribution in [0.1, 0.15) is 11.5 Å². The number of rotatable bonds is 3. The molecule has 2 aromatic heterocycles. The van der Waals surface area contributed by atoms with E-state index in [0.717, 1.165) is 11.5 Å². The molecular weight excluding hydrogens is 188 g/mol. The molecule has 15 heavy (non-hydrogen) atoms. The molecule has 0 N–H and O–H groups in total. The van der Waals surface area contributed by atoms with Crippen LogP contribution in [0.4, 0.5) is 0 Å². The Labute approximate surface area is 87.8 Å². The van der Waals surface area contributed by atoms with Gasteiger partial charge in [0.25, 0.3) is 0 Å². The highest BCUT2D eigenvalue weighted by atomic mass is 15.1. The van der Waals surface area contributed by atoms with Crippen LogP contribution in [0.5, 0.6) is 0 Å². The molecule has 74 valence electrons. The Morgan fingerprint density at radius 1 is 1.27 bits per heavy atom. The van der Waals surface area contributed by atoms with Crippen molar-refractivity contribution in [2.45, 2.75) is 13.0 Å². The number of hydrogen-bond donors (Lipinski definition) is 0. The lowest BCUT2D eigenvalue weighted by atomic mass is 10.2. The highest BCUT2D eigenvalue weighted by Gasteiger charge is 2.03. The van der Waals surface area contributed by atoms with Gasteiger partial charge >= 0.3 is 0 Å². The Balaban J connectivity index is 2.18. The molecule has 0 spiro atoms. The summed E-state index contributed by atoms with van der Waals surface area (Å²) in [6.07, 6.45) is 5.93. The van der Waals surface area contributed by atoms with Crippen molar-refractivity contribution in [3.8, 4) is 6.07 Å². The van der Waals surface area contributed by atoms with E-state index in [1.807, 2.05) is 29.0 Å². The second kappa shape index (κ2) is 4.38. The minimum Gasteiger partial charge on any atom is -0.321 e. The van der Waals surface area contributed by atoms with Gasteiger partial charge in [-0.3, -0.25) is 4.98 Å². The number of pyridine rings is 1. The first-order chi connectivity index (χ1) is 7.40. The van der Waals surface area contributed by atoms with Crippen LogP contribution < -0.4 is 0 Å². The maximum absolute atomic E-state index is 8.61. The Kier molecular flexibility index (Phi) is 2.75. The fourth-order valence-corrected chi connectivity index (χ4v) is 1.39. The third-order valence-electron chi connectivity index (χ3n) is 2.11. The average molecular weight is 198 g/mol. The molecular formula is C11H10N4. The quantitative estimate of drug-likeness (QED) is 0.748. The monoisotopic (exact) mass is 198 g/mol. The fraction of sp³-hybridized carbons (Fsp3) is 0.182. The number of nitriles is 1. The first-order valence-corrected chi connectivity index (χ1v) is 4.67. The van der Waals surface area contributed by atoms with Crippen molar-refractivity contribution in [2.75, 3.05) is 0 Å². The van der Waals surface area contributed by atoms with Crippen LogP contribution >= 0.6 is 0 Å². The first-order valence-electron chi connectivity index (χ1n) is 4.67. The maximum atomic E-state index is 8.61. The van der Waals surface area contributed by atoms with E-state index in [9.17, 15) is 0 Å². The molecule has 0 saturated carbocycles. The predicted octanol–water partition coefficient (Wildman–Crippen LogP) is 1.39. The van der Waals surface area contributed by atoms with Crippen LogP contribution in [0.15, 0.2) is 36.8 Å². The smallest absolute Gasteiger partial charge is 0.115 e. The Morgan fingerprint density at radius 2 is 2.20 bits per heavy atom. The van der Waals surface area contributed by atoms with E-state index >= 15 is 0 Å². The summed E-state index contributed by atoms with van der Waals surface area (Å²) < 4.78 is 1.83. The van der Waals surface area contributed by atoms with Crippen molar-refractivity contribution in [3.05, 3.63) is 48.3 Å². The molecule has 2 rings (SSSR count). The van der Waals surface area contributed by atoms with Gasteiger partial charge in [0.15, 0.2) is 0 Å². The highest BCUT2D eigenvalue weighted by molar-refractivity contribution is 5.11. The standard InChI is InChI=1S/C11H10N4/c12-4-7-15-8-6-14-11(15)9-10-3-1-2-5-13-10/h1-3,5-6,8H,7,9H2. The number of nitrogens with zero attached hydrogens (tertiary/aromatic N) is 4. The molecule has 0 aliphatic heterocycles. The summed E-state index contributed by atoms with van der Waals surface area (Å²) in [7, 11) is 0. The minimum absolute atomic E-state index is 0.335. The molecule has 4 nitrogen and oxygen atoms in total. The molecule has 0 radical (unpaired) electrons. The molecule has 0 aliphatic rings. The maximum Gasteiger partial charge on any atom is 0.115 e. The third-order valence-corrected chi connectivity index (χ3v) is 2.11. The number of hydrogen-bond acceptors (Lipinski definition) is 3. The van der Waals surface area contributed by atoms with Crippen LogP contribution in [0.2, 0.25) is 0 Å². The molecule has 0 atom stereocenters.